The van der Waals surface area contributed by atoms with Gasteiger partial charge in [0.1, 0.15) is 17.1 Å². The SMILES string of the molecule is COc1c(/C(C)=C/C(=O)NCc2ccco2)cc2c(-c3ccc(Cl)cc3Cl)coc2c1C. The molecule has 0 unspecified atom stereocenters. The van der Waals surface area contributed by atoms with Crippen LogP contribution in [0.1, 0.15) is 23.8 Å². The molecule has 5 nitrogen and oxygen atoms in total. The fraction of sp³-hybridized carbons (Fsp3) is 0.160. The molecule has 0 aliphatic rings. The van der Waals surface area contributed by atoms with Gasteiger partial charge in [-0.05, 0) is 49.8 Å². The number of amides is 1. The molecule has 0 saturated carbocycles. The van der Waals surface area contributed by atoms with Crippen molar-refractivity contribution in [1.29, 1.82) is 0 Å². The zero-order valence-electron chi connectivity index (χ0n) is 17.8. The summed E-state index contributed by atoms with van der Waals surface area (Å²) in [6.45, 7) is 4.10. The molecule has 2 aromatic heterocycles. The lowest BCUT2D eigenvalue weighted by atomic mass is 9.96. The minimum atomic E-state index is -0.230. The summed E-state index contributed by atoms with van der Waals surface area (Å²) in [6.07, 6.45) is 4.78. The standard InChI is InChI=1S/C25H21Cl2NO4/c1-14(9-23(29)28-12-17-5-4-8-31-17)19-11-20-21(18-7-6-16(26)10-22(18)27)13-32-25(20)15(2)24(19)30-3/h4-11,13H,12H2,1-3H3,(H,28,29)/b14-9+. The van der Waals surface area contributed by atoms with Crippen molar-refractivity contribution < 1.29 is 18.4 Å². The van der Waals surface area contributed by atoms with E-state index in [0.717, 1.165) is 33.2 Å². The molecule has 2 heterocycles. The van der Waals surface area contributed by atoms with Crippen LogP contribution in [0.3, 0.4) is 0 Å². The number of fused-ring (bicyclic) bond motifs is 1. The van der Waals surface area contributed by atoms with Crippen LogP contribution in [-0.2, 0) is 11.3 Å². The highest BCUT2D eigenvalue weighted by Crippen LogP contribution is 2.42. The second kappa shape index (κ2) is 9.15. The fourth-order valence-corrected chi connectivity index (χ4v) is 4.21. The molecular weight excluding hydrogens is 449 g/mol. The number of halogens is 2. The number of methoxy groups -OCH3 is 1. The third-order valence-electron chi connectivity index (χ3n) is 5.26. The average Bonchev–Trinajstić information content (AvgIpc) is 3.42. The van der Waals surface area contributed by atoms with Crippen molar-refractivity contribution in [2.24, 2.45) is 0 Å². The Kier molecular flexibility index (Phi) is 6.31. The largest absolute Gasteiger partial charge is 0.496 e. The Hall–Kier alpha value is -3.15. The van der Waals surface area contributed by atoms with E-state index in [2.05, 4.69) is 5.32 Å². The smallest absolute Gasteiger partial charge is 0.244 e. The van der Waals surface area contributed by atoms with E-state index in [-0.39, 0.29) is 5.91 Å². The molecule has 0 aliphatic heterocycles. The van der Waals surface area contributed by atoms with Crippen molar-refractivity contribution in [3.63, 3.8) is 0 Å². The summed E-state index contributed by atoms with van der Waals surface area (Å²) < 4.78 is 16.8. The molecule has 0 aliphatic carbocycles. The van der Waals surface area contributed by atoms with E-state index in [0.29, 0.717) is 33.7 Å². The number of hydrogen-bond donors (Lipinski definition) is 1. The second-order valence-corrected chi connectivity index (χ2v) is 8.20. The Morgan fingerprint density at radius 3 is 2.66 bits per heavy atom. The summed E-state index contributed by atoms with van der Waals surface area (Å²) in [5, 5.41) is 4.78. The number of carbonyl (C=O) groups is 1. The van der Waals surface area contributed by atoms with Gasteiger partial charge in [0.15, 0.2) is 0 Å². The van der Waals surface area contributed by atoms with E-state index in [9.17, 15) is 4.79 Å². The van der Waals surface area contributed by atoms with Crippen LogP contribution >= 0.6 is 23.2 Å². The van der Waals surface area contributed by atoms with E-state index in [1.165, 1.54) is 0 Å². The van der Waals surface area contributed by atoms with E-state index < -0.39 is 0 Å². The third kappa shape index (κ3) is 4.27. The summed E-state index contributed by atoms with van der Waals surface area (Å²) in [7, 11) is 1.60. The molecule has 4 aromatic rings. The lowest BCUT2D eigenvalue weighted by molar-refractivity contribution is -0.116. The molecular formula is C25H21Cl2NO4. The number of nitrogens with one attached hydrogen (secondary N) is 1. The van der Waals surface area contributed by atoms with E-state index in [4.69, 9.17) is 36.8 Å². The van der Waals surface area contributed by atoms with Crippen LogP contribution in [0, 0.1) is 6.92 Å². The minimum absolute atomic E-state index is 0.230. The maximum Gasteiger partial charge on any atom is 0.244 e. The number of ether oxygens (including phenoxy) is 1. The fourth-order valence-electron chi connectivity index (χ4n) is 3.70. The first kappa shape index (κ1) is 22.1. The van der Waals surface area contributed by atoms with Gasteiger partial charge in [-0.3, -0.25) is 4.79 Å². The average molecular weight is 470 g/mol. The highest BCUT2D eigenvalue weighted by Gasteiger charge is 2.20. The Balaban J connectivity index is 1.75. The summed E-state index contributed by atoms with van der Waals surface area (Å²) in [6, 6.07) is 10.9. The number of carbonyl (C=O) groups excluding carboxylic acids is 1. The van der Waals surface area contributed by atoms with Crippen molar-refractivity contribution in [1.82, 2.24) is 5.32 Å². The number of aryl methyl sites for hydroxylation is 1. The van der Waals surface area contributed by atoms with Crippen molar-refractivity contribution in [2.45, 2.75) is 20.4 Å². The third-order valence-corrected chi connectivity index (χ3v) is 5.81. The number of benzene rings is 2. The first-order chi connectivity index (χ1) is 15.4. The predicted molar refractivity (Wildman–Crippen MR) is 127 cm³/mol. The lowest BCUT2D eigenvalue weighted by Crippen LogP contribution is -2.20. The van der Waals surface area contributed by atoms with Crippen LogP contribution in [0.2, 0.25) is 10.0 Å². The number of allylic oxidation sites excluding steroid dienone is 1. The monoisotopic (exact) mass is 469 g/mol. The zero-order chi connectivity index (χ0) is 22.8. The van der Waals surface area contributed by atoms with Gasteiger partial charge in [-0.15, -0.1) is 0 Å². The Morgan fingerprint density at radius 1 is 1.16 bits per heavy atom. The summed E-state index contributed by atoms with van der Waals surface area (Å²) in [5.41, 5.74) is 4.71. The first-order valence-corrected chi connectivity index (χ1v) is 10.7. The molecule has 164 valence electrons. The van der Waals surface area contributed by atoms with Crippen molar-refractivity contribution >= 4 is 45.7 Å². The van der Waals surface area contributed by atoms with Crippen LogP contribution in [0.25, 0.3) is 27.7 Å². The van der Waals surface area contributed by atoms with Crippen LogP contribution in [-0.4, -0.2) is 13.0 Å². The van der Waals surface area contributed by atoms with Crippen LogP contribution in [0.5, 0.6) is 5.75 Å². The van der Waals surface area contributed by atoms with Gasteiger partial charge < -0.3 is 18.9 Å². The molecule has 0 bridgehead atoms. The summed E-state index contributed by atoms with van der Waals surface area (Å²) in [5.74, 6) is 1.10. The van der Waals surface area contributed by atoms with Crippen LogP contribution < -0.4 is 10.1 Å². The van der Waals surface area contributed by atoms with Gasteiger partial charge >= 0.3 is 0 Å². The minimum Gasteiger partial charge on any atom is -0.496 e. The second-order valence-electron chi connectivity index (χ2n) is 7.36. The number of rotatable bonds is 6. The van der Waals surface area contributed by atoms with E-state index >= 15 is 0 Å². The first-order valence-electron chi connectivity index (χ1n) is 9.92. The Bertz CT molecular complexity index is 1320. The van der Waals surface area contributed by atoms with Gasteiger partial charge in [-0.1, -0.05) is 29.3 Å². The Morgan fingerprint density at radius 2 is 1.97 bits per heavy atom. The number of furan rings is 2. The number of hydrogen-bond acceptors (Lipinski definition) is 4. The summed E-state index contributed by atoms with van der Waals surface area (Å²) in [4.78, 5) is 12.5. The zero-order valence-corrected chi connectivity index (χ0v) is 19.3. The molecule has 0 fully saturated rings. The van der Waals surface area contributed by atoms with E-state index in [1.54, 1.807) is 50.0 Å². The van der Waals surface area contributed by atoms with E-state index in [1.807, 2.05) is 26.0 Å². The molecule has 4 rings (SSSR count). The molecule has 1 amide bonds. The molecule has 0 spiro atoms. The van der Waals surface area contributed by atoms with Crippen molar-refractivity contribution in [3.05, 3.63) is 81.9 Å². The van der Waals surface area contributed by atoms with Gasteiger partial charge in [0.05, 0.1) is 31.2 Å². The maximum atomic E-state index is 12.5. The normalized spacial score (nSPS) is 11.7. The lowest BCUT2D eigenvalue weighted by Gasteiger charge is -2.13. The van der Waals surface area contributed by atoms with Gasteiger partial charge in [0, 0.05) is 38.7 Å². The topological polar surface area (TPSA) is 64.6 Å². The van der Waals surface area contributed by atoms with Crippen molar-refractivity contribution in [3.8, 4) is 16.9 Å². The van der Waals surface area contributed by atoms with Crippen molar-refractivity contribution in [2.75, 3.05) is 7.11 Å². The molecule has 32 heavy (non-hydrogen) atoms. The highest BCUT2D eigenvalue weighted by molar-refractivity contribution is 6.36. The Labute approximate surface area is 195 Å². The quantitative estimate of drug-likeness (QED) is 0.307. The van der Waals surface area contributed by atoms with Gasteiger partial charge in [-0.2, -0.15) is 0 Å². The molecule has 7 heteroatoms. The maximum absolute atomic E-state index is 12.5. The predicted octanol–water partition coefficient (Wildman–Crippen LogP) is 7.04. The molecule has 0 radical (unpaired) electrons. The van der Waals surface area contributed by atoms with Gasteiger partial charge in [0.25, 0.3) is 0 Å². The van der Waals surface area contributed by atoms with Gasteiger partial charge in [0.2, 0.25) is 5.91 Å². The highest BCUT2D eigenvalue weighted by atomic mass is 35.5. The molecule has 0 saturated heterocycles. The molecule has 0 atom stereocenters. The summed E-state index contributed by atoms with van der Waals surface area (Å²) >= 11 is 12.5. The molecule has 1 N–H and O–H groups in total. The molecule has 2 aromatic carbocycles. The van der Waals surface area contributed by atoms with Crippen LogP contribution in [0.4, 0.5) is 0 Å². The van der Waals surface area contributed by atoms with Crippen LogP contribution in [0.15, 0.2) is 63.8 Å². The van der Waals surface area contributed by atoms with Gasteiger partial charge in [-0.25, -0.2) is 0 Å².